The van der Waals surface area contributed by atoms with Gasteiger partial charge in [-0.05, 0) is 55.0 Å². The Kier molecular flexibility index (Phi) is 5.44. The fraction of sp³-hybridized carbons (Fsp3) is 0.115. The molecular formula is C26H20ClN3O3. The molecule has 0 fully saturated rings. The van der Waals surface area contributed by atoms with Crippen LogP contribution in [0.15, 0.2) is 77.6 Å². The molecule has 0 spiro atoms. The number of ketones is 1. The topological polar surface area (TPSA) is 70.2 Å². The monoisotopic (exact) mass is 457 g/mol. The minimum Gasteiger partial charge on any atom is -0.497 e. The number of benzene rings is 2. The standard InChI is InChI=1S/C26H20ClN3O3/c1-16-25(26(31)24-14-22(29-33-24)18-9-11-28-12-10-18)21-13-20(32-2)7-8-23(21)30(16)15-17-3-5-19(27)6-4-17/h3-14H,15H2,1-2H3. The first-order valence-electron chi connectivity index (χ1n) is 10.4. The Morgan fingerprint density at radius 1 is 1.06 bits per heavy atom. The van der Waals surface area contributed by atoms with Crippen LogP contribution in [-0.2, 0) is 6.54 Å². The van der Waals surface area contributed by atoms with E-state index in [2.05, 4.69) is 14.7 Å². The van der Waals surface area contributed by atoms with Crippen LogP contribution in [0.3, 0.4) is 0 Å². The average molecular weight is 458 g/mol. The number of fused-ring (bicyclic) bond motifs is 1. The molecule has 0 amide bonds. The van der Waals surface area contributed by atoms with Crippen molar-refractivity contribution in [3.8, 4) is 17.0 Å². The van der Waals surface area contributed by atoms with Crippen molar-refractivity contribution in [3.05, 3.63) is 101 Å². The summed E-state index contributed by atoms with van der Waals surface area (Å²) in [6.07, 6.45) is 3.35. The van der Waals surface area contributed by atoms with Crippen molar-refractivity contribution in [2.75, 3.05) is 7.11 Å². The van der Waals surface area contributed by atoms with E-state index in [0.717, 1.165) is 27.7 Å². The number of methoxy groups -OCH3 is 1. The van der Waals surface area contributed by atoms with Crippen LogP contribution in [-0.4, -0.2) is 27.6 Å². The highest BCUT2D eigenvalue weighted by molar-refractivity contribution is 6.30. The van der Waals surface area contributed by atoms with Crippen LogP contribution < -0.4 is 4.74 Å². The molecular weight excluding hydrogens is 438 g/mol. The number of carbonyl (C=O) groups excluding carboxylic acids is 1. The van der Waals surface area contributed by atoms with Crippen molar-refractivity contribution >= 4 is 28.3 Å². The summed E-state index contributed by atoms with van der Waals surface area (Å²) in [5.74, 6) is 0.627. The van der Waals surface area contributed by atoms with E-state index in [0.29, 0.717) is 28.6 Å². The summed E-state index contributed by atoms with van der Waals surface area (Å²) < 4.78 is 13.0. The lowest BCUT2D eigenvalue weighted by Crippen LogP contribution is -2.05. The van der Waals surface area contributed by atoms with Gasteiger partial charge in [-0.1, -0.05) is 28.9 Å². The lowest BCUT2D eigenvalue weighted by atomic mass is 10.0. The molecule has 0 bridgehead atoms. The van der Waals surface area contributed by atoms with Gasteiger partial charge in [0, 0.05) is 52.2 Å². The molecule has 0 unspecified atom stereocenters. The lowest BCUT2D eigenvalue weighted by Gasteiger charge is -2.09. The predicted molar refractivity (Wildman–Crippen MR) is 127 cm³/mol. The van der Waals surface area contributed by atoms with E-state index in [9.17, 15) is 4.79 Å². The summed E-state index contributed by atoms with van der Waals surface area (Å²) >= 11 is 6.05. The molecule has 0 aliphatic rings. The van der Waals surface area contributed by atoms with Gasteiger partial charge in [-0.15, -0.1) is 0 Å². The molecule has 3 aromatic heterocycles. The molecule has 0 saturated heterocycles. The lowest BCUT2D eigenvalue weighted by molar-refractivity contribution is 0.100. The van der Waals surface area contributed by atoms with Crippen LogP contribution >= 0.6 is 11.6 Å². The number of halogens is 1. The predicted octanol–water partition coefficient (Wildman–Crippen LogP) is 5.94. The van der Waals surface area contributed by atoms with Gasteiger partial charge in [-0.3, -0.25) is 9.78 Å². The third kappa shape index (κ3) is 3.90. The van der Waals surface area contributed by atoms with Crippen LogP contribution in [0.4, 0.5) is 0 Å². The third-order valence-electron chi connectivity index (χ3n) is 5.72. The summed E-state index contributed by atoms with van der Waals surface area (Å²) in [5.41, 5.74) is 4.82. The summed E-state index contributed by atoms with van der Waals surface area (Å²) in [6, 6.07) is 18.7. The highest BCUT2D eigenvalue weighted by Gasteiger charge is 2.25. The Hall–Kier alpha value is -3.90. The minimum atomic E-state index is -0.228. The smallest absolute Gasteiger partial charge is 0.233 e. The minimum absolute atomic E-state index is 0.179. The highest BCUT2D eigenvalue weighted by Crippen LogP contribution is 2.32. The van der Waals surface area contributed by atoms with Gasteiger partial charge < -0.3 is 13.8 Å². The fourth-order valence-corrected chi connectivity index (χ4v) is 4.14. The van der Waals surface area contributed by atoms with Gasteiger partial charge in [0.15, 0.2) is 0 Å². The first-order valence-corrected chi connectivity index (χ1v) is 10.8. The second kappa shape index (κ2) is 8.56. The number of ether oxygens (including phenoxy) is 1. The molecule has 0 N–H and O–H groups in total. The summed E-state index contributed by atoms with van der Waals surface area (Å²) in [4.78, 5) is 17.6. The molecule has 0 aliphatic carbocycles. The van der Waals surface area contributed by atoms with Crippen LogP contribution in [0.1, 0.15) is 27.4 Å². The molecule has 3 heterocycles. The van der Waals surface area contributed by atoms with E-state index >= 15 is 0 Å². The quantitative estimate of drug-likeness (QED) is 0.295. The van der Waals surface area contributed by atoms with Crippen molar-refractivity contribution in [3.63, 3.8) is 0 Å². The van der Waals surface area contributed by atoms with Gasteiger partial charge >= 0.3 is 0 Å². The van der Waals surface area contributed by atoms with Gasteiger partial charge in [-0.25, -0.2) is 0 Å². The summed E-state index contributed by atoms with van der Waals surface area (Å²) in [6.45, 7) is 2.54. The van der Waals surface area contributed by atoms with Crippen molar-refractivity contribution in [1.29, 1.82) is 0 Å². The SMILES string of the molecule is COc1ccc2c(c1)c(C(=O)c1cc(-c3ccncc3)no1)c(C)n2Cc1ccc(Cl)cc1. The number of pyridine rings is 1. The summed E-state index contributed by atoms with van der Waals surface area (Å²) in [5, 5.41) is 5.57. The molecule has 5 rings (SSSR count). The second-order valence-corrected chi connectivity index (χ2v) is 8.13. The molecule has 164 valence electrons. The Labute approximate surface area is 195 Å². The molecule has 5 aromatic rings. The fourth-order valence-electron chi connectivity index (χ4n) is 4.02. The van der Waals surface area contributed by atoms with E-state index < -0.39 is 0 Å². The van der Waals surface area contributed by atoms with E-state index in [1.54, 1.807) is 25.6 Å². The summed E-state index contributed by atoms with van der Waals surface area (Å²) in [7, 11) is 1.61. The second-order valence-electron chi connectivity index (χ2n) is 7.70. The normalized spacial score (nSPS) is 11.1. The van der Waals surface area contributed by atoms with Crippen LogP contribution in [0, 0.1) is 6.92 Å². The number of carbonyl (C=O) groups is 1. The molecule has 33 heavy (non-hydrogen) atoms. The van der Waals surface area contributed by atoms with Gasteiger partial charge in [0.1, 0.15) is 11.4 Å². The molecule has 6 nitrogen and oxygen atoms in total. The zero-order chi connectivity index (χ0) is 22.9. The Morgan fingerprint density at radius 2 is 1.82 bits per heavy atom. The number of hydrogen-bond donors (Lipinski definition) is 0. The number of hydrogen-bond acceptors (Lipinski definition) is 5. The Balaban J connectivity index is 1.61. The molecule has 0 aliphatic heterocycles. The number of aromatic nitrogens is 3. The molecule has 0 radical (unpaired) electrons. The maximum absolute atomic E-state index is 13.6. The first-order chi connectivity index (χ1) is 16.0. The van der Waals surface area contributed by atoms with Crippen LogP contribution in [0.5, 0.6) is 5.75 Å². The maximum atomic E-state index is 13.6. The van der Waals surface area contributed by atoms with E-state index in [1.165, 1.54) is 0 Å². The van der Waals surface area contributed by atoms with Gasteiger partial charge in [-0.2, -0.15) is 0 Å². The van der Waals surface area contributed by atoms with Crippen LogP contribution in [0.25, 0.3) is 22.2 Å². The van der Waals surface area contributed by atoms with E-state index in [4.69, 9.17) is 20.9 Å². The van der Waals surface area contributed by atoms with E-state index in [-0.39, 0.29) is 11.5 Å². The highest BCUT2D eigenvalue weighted by atomic mass is 35.5. The number of nitrogens with zero attached hydrogens (tertiary/aromatic N) is 3. The third-order valence-corrected chi connectivity index (χ3v) is 5.97. The molecule has 0 atom stereocenters. The molecule has 7 heteroatoms. The van der Waals surface area contributed by atoms with Crippen LogP contribution in [0.2, 0.25) is 5.02 Å². The Bertz CT molecular complexity index is 1450. The van der Waals surface area contributed by atoms with Gasteiger partial charge in [0.25, 0.3) is 0 Å². The number of rotatable bonds is 6. The van der Waals surface area contributed by atoms with Gasteiger partial charge in [0.05, 0.1) is 12.7 Å². The largest absolute Gasteiger partial charge is 0.497 e. The van der Waals surface area contributed by atoms with Crippen molar-refractivity contribution in [2.45, 2.75) is 13.5 Å². The van der Waals surface area contributed by atoms with Crippen molar-refractivity contribution < 1.29 is 14.1 Å². The first kappa shape index (κ1) is 21.0. The van der Waals surface area contributed by atoms with Crippen molar-refractivity contribution in [1.82, 2.24) is 14.7 Å². The zero-order valence-electron chi connectivity index (χ0n) is 18.1. The zero-order valence-corrected chi connectivity index (χ0v) is 18.8. The average Bonchev–Trinajstić information content (AvgIpc) is 3.44. The van der Waals surface area contributed by atoms with E-state index in [1.807, 2.05) is 61.5 Å². The van der Waals surface area contributed by atoms with Gasteiger partial charge in [0.2, 0.25) is 11.5 Å². The Morgan fingerprint density at radius 3 is 2.55 bits per heavy atom. The molecule has 0 saturated carbocycles. The maximum Gasteiger partial charge on any atom is 0.233 e. The molecule has 2 aromatic carbocycles. The van der Waals surface area contributed by atoms with Crippen molar-refractivity contribution in [2.24, 2.45) is 0 Å².